The van der Waals surface area contributed by atoms with Gasteiger partial charge in [0.05, 0.1) is 10.7 Å². The molecule has 0 atom stereocenters. The van der Waals surface area contributed by atoms with Crippen LogP contribution in [0, 0.1) is 6.92 Å². The van der Waals surface area contributed by atoms with E-state index in [9.17, 15) is 14.6 Å². The summed E-state index contributed by atoms with van der Waals surface area (Å²) in [4.78, 5) is 0. The molecular weight excluding hydrogens is 245 g/mol. The van der Waals surface area contributed by atoms with E-state index < -0.39 is 6.67 Å². The maximum atomic E-state index is 12.6. The lowest BCUT2D eigenvalue weighted by molar-refractivity contribution is 0.393. The van der Waals surface area contributed by atoms with Crippen LogP contribution in [0.5, 0.6) is 11.8 Å². The number of aromatic nitrogens is 1. The first kappa shape index (κ1) is 11.8. The summed E-state index contributed by atoms with van der Waals surface area (Å²) >= 11 is 6.02. The average Bonchev–Trinajstić information content (AvgIpc) is 2.56. The predicted molar refractivity (Wildman–Crippen MR) is 63.7 cm³/mol. The van der Waals surface area contributed by atoms with Gasteiger partial charge in [-0.25, -0.2) is 8.96 Å². The number of aryl methyl sites for hydroxylation is 1. The molecule has 5 heteroatoms. The number of rotatable bonds is 2. The molecule has 0 saturated carbocycles. The molecule has 0 saturated heterocycles. The van der Waals surface area contributed by atoms with Crippen molar-refractivity contribution in [2.75, 3.05) is 0 Å². The lowest BCUT2D eigenvalue weighted by Gasteiger charge is -2.12. The number of benzene rings is 1. The fourth-order valence-corrected chi connectivity index (χ4v) is 2.07. The van der Waals surface area contributed by atoms with Crippen LogP contribution in [0.3, 0.4) is 0 Å². The molecule has 0 amide bonds. The SMILES string of the molecule is Cc1cccc(Cl)c1-n1c(O)cc(CF)c1O. The van der Waals surface area contributed by atoms with Crippen molar-refractivity contribution in [3.05, 3.63) is 40.4 Å². The van der Waals surface area contributed by atoms with Crippen molar-refractivity contribution in [2.45, 2.75) is 13.6 Å². The Labute approximate surface area is 103 Å². The summed E-state index contributed by atoms with van der Waals surface area (Å²) in [5, 5.41) is 19.9. The third-order valence-electron chi connectivity index (χ3n) is 2.59. The second-order valence-corrected chi connectivity index (χ2v) is 4.13. The quantitative estimate of drug-likeness (QED) is 0.865. The highest BCUT2D eigenvalue weighted by Gasteiger charge is 2.18. The van der Waals surface area contributed by atoms with E-state index in [1.165, 1.54) is 6.07 Å². The van der Waals surface area contributed by atoms with Gasteiger partial charge < -0.3 is 10.2 Å². The molecule has 0 bridgehead atoms. The highest BCUT2D eigenvalue weighted by molar-refractivity contribution is 6.32. The summed E-state index contributed by atoms with van der Waals surface area (Å²) in [6.45, 7) is 0.936. The number of alkyl halides is 1. The van der Waals surface area contributed by atoms with Gasteiger partial charge in [-0.15, -0.1) is 0 Å². The number of halogens is 2. The number of para-hydroxylation sites is 1. The Balaban J connectivity index is 2.73. The van der Waals surface area contributed by atoms with Crippen molar-refractivity contribution in [2.24, 2.45) is 0 Å². The summed E-state index contributed by atoms with van der Waals surface area (Å²) in [6.07, 6.45) is 0. The van der Waals surface area contributed by atoms with E-state index in [0.29, 0.717) is 10.7 Å². The van der Waals surface area contributed by atoms with Crippen LogP contribution in [0.25, 0.3) is 5.69 Å². The molecular formula is C12H11ClFNO2. The van der Waals surface area contributed by atoms with Gasteiger partial charge in [0.25, 0.3) is 0 Å². The minimum Gasteiger partial charge on any atom is -0.494 e. The molecule has 17 heavy (non-hydrogen) atoms. The second-order valence-electron chi connectivity index (χ2n) is 3.73. The van der Waals surface area contributed by atoms with Gasteiger partial charge in [0.15, 0.2) is 5.88 Å². The van der Waals surface area contributed by atoms with Crippen LogP contribution < -0.4 is 0 Å². The van der Waals surface area contributed by atoms with Gasteiger partial charge in [0, 0.05) is 11.6 Å². The number of nitrogens with zero attached hydrogens (tertiary/aromatic N) is 1. The van der Waals surface area contributed by atoms with E-state index in [-0.39, 0.29) is 17.3 Å². The Morgan fingerprint density at radius 3 is 2.59 bits per heavy atom. The highest BCUT2D eigenvalue weighted by Crippen LogP contribution is 2.36. The second kappa shape index (κ2) is 4.30. The molecule has 0 radical (unpaired) electrons. The van der Waals surface area contributed by atoms with Gasteiger partial charge in [-0.2, -0.15) is 0 Å². The van der Waals surface area contributed by atoms with E-state index in [1.807, 2.05) is 0 Å². The molecule has 2 rings (SSSR count). The largest absolute Gasteiger partial charge is 0.494 e. The zero-order valence-electron chi connectivity index (χ0n) is 9.11. The van der Waals surface area contributed by atoms with E-state index in [0.717, 1.165) is 10.1 Å². The van der Waals surface area contributed by atoms with Crippen LogP contribution in [0.2, 0.25) is 5.02 Å². The Kier molecular flexibility index (Phi) is 2.98. The first-order valence-corrected chi connectivity index (χ1v) is 5.38. The van der Waals surface area contributed by atoms with Gasteiger partial charge in [-0.05, 0) is 18.6 Å². The number of aromatic hydroxyl groups is 2. The molecule has 0 fully saturated rings. The molecule has 90 valence electrons. The Bertz CT molecular complexity index is 546. The molecule has 3 nitrogen and oxygen atoms in total. The summed E-state index contributed by atoms with van der Waals surface area (Å²) in [5.74, 6) is -0.576. The summed E-state index contributed by atoms with van der Waals surface area (Å²) < 4.78 is 13.7. The van der Waals surface area contributed by atoms with Crippen molar-refractivity contribution in [1.82, 2.24) is 4.57 Å². The topological polar surface area (TPSA) is 45.4 Å². The normalized spacial score (nSPS) is 10.8. The Hall–Kier alpha value is -1.68. The van der Waals surface area contributed by atoms with Crippen molar-refractivity contribution in [3.63, 3.8) is 0 Å². The molecule has 2 N–H and O–H groups in total. The van der Waals surface area contributed by atoms with Gasteiger partial charge in [-0.1, -0.05) is 23.7 Å². The molecule has 2 aromatic rings. The van der Waals surface area contributed by atoms with Crippen LogP contribution in [0.4, 0.5) is 4.39 Å². The first-order valence-electron chi connectivity index (χ1n) is 5.00. The summed E-state index contributed by atoms with van der Waals surface area (Å²) in [5.41, 5.74) is 1.25. The lowest BCUT2D eigenvalue weighted by atomic mass is 10.2. The standard InChI is InChI=1S/C12H11ClFNO2/c1-7-3-2-4-9(13)11(7)15-10(16)5-8(6-14)12(15)17/h2-5,16-17H,6H2,1H3. The summed E-state index contributed by atoms with van der Waals surface area (Å²) in [7, 11) is 0. The van der Waals surface area contributed by atoms with E-state index in [1.54, 1.807) is 25.1 Å². The minimum absolute atomic E-state index is 0.0295. The van der Waals surface area contributed by atoms with E-state index in [2.05, 4.69) is 0 Å². The van der Waals surface area contributed by atoms with Crippen LogP contribution >= 0.6 is 11.6 Å². The average molecular weight is 256 g/mol. The van der Waals surface area contributed by atoms with Gasteiger partial charge in [0.2, 0.25) is 5.88 Å². The van der Waals surface area contributed by atoms with Crippen LogP contribution in [0.1, 0.15) is 11.1 Å². The van der Waals surface area contributed by atoms with Crippen LogP contribution in [-0.2, 0) is 6.67 Å². The van der Waals surface area contributed by atoms with Gasteiger partial charge in [-0.3, -0.25) is 0 Å². The highest BCUT2D eigenvalue weighted by atomic mass is 35.5. The predicted octanol–water partition coefficient (Wildman–Crippen LogP) is 3.32. The fraction of sp³-hybridized carbons (Fsp3) is 0.167. The van der Waals surface area contributed by atoms with E-state index >= 15 is 0 Å². The first-order chi connectivity index (χ1) is 8.06. The third kappa shape index (κ3) is 1.85. The maximum absolute atomic E-state index is 12.6. The van der Waals surface area contributed by atoms with Crippen molar-refractivity contribution >= 4 is 11.6 Å². The van der Waals surface area contributed by atoms with Crippen LogP contribution in [0.15, 0.2) is 24.3 Å². The summed E-state index contributed by atoms with van der Waals surface area (Å²) in [6, 6.07) is 6.36. The smallest absolute Gasteiger partial charge is 0.204 e. The van der Waals surface area contributed by atoms with Crippen LogP contribution in [-0.4, -0.2) is 14.8 Å². The zero-order chi connectivity index (χ0) is 12.6. The molecule has 0 aliphatic rings. The Morgan fingerprint density at radius 2 is 2.06 bits per heavy atom. The number of hydrogen-bond donors (Lipinski definition) is 2. The van der Waals surface area contributed by atoms with Crippen molar-refractivity contribution in [1.29, 1.82) is 0 Å². The van der Waals surface area contributed by atoms with Crippen molar-refractivity contribution in [3.8, 4) is 17.4 Å². The molecule has 0 unspecified atom stereocenters. The molecule has 1 aromatic heterocycles. The monoisotopic (exact) mass is 255 g/mol. The lowest BCUT2D eigenvalue weighted by Crippen LogP contribution is -1.97. The fourth-order valence-electron chi connectivity index (χ4n) is 1.76. The molecule has 1 heterocycles. The molecule has 0 aliphatic carbocycles. The number of hydrogen-bond acceptors (Lipinski definition) is 2. The molecule has 0 spiro atoms. The molecule has 0 aliphatic heterocycles. The van der Waals surface area contributed by atoms with Gasteiger partial charge in [0.1, 0.15) is 6.67 Å². The van der Waals surface area contributed by atoms with E-state index in [4.69, 9.17) is 11.6 Å². The third-order valence-corrected chi connectivity index (χ3v) is 2.89. The minimum atomic E-state index is -0.851. The molecule has 1 aromatic carbocycles. The maximum Gasteiger partial charge on any atom is 0.204 e. The zero-order valence-corrected chi connectivity index (χ0v) is 9.87. The van der Waals surface area contributed by atoms with Crippen molar-refractivity contribution < 1.29 is 14.6 Å². The Morgan fingerprint density at radius 1 is 1.35 bits per heavy atom. The van der Waals surface area contributed by atoms with Gasteiger partial charge >= 0.3 is 0 Å².